The first-order chi connectivity index (χ1) is 10.1. The lowest BCUT2D eigenvalue weighted by atomic mass is 9.79. The van der Waals surface area contributed by atoms with Gasteiger partial charge in [-0.05, 0) is 25.7 Å². The number of nitrogens with two attached hydrogens (primary N) is 1. The van der Waals surface area contributed by atoms with Gasteiger partial charge < -0.3 is 15.8 Å². The maximum Gasteiger partial charge on any atom is 0.225 e. The molecule has 21 heavy (non-hydrogen) atoms. The first-order valence-electron chi connectivity index (χ1n) is 8.33. The van der Waals surface area contributed by atoms with Gasteiger partial charge in [0.15, 0.2) is 0 Å². The Kier molecular flexibility index (Phi) is 5.48. The van der Waals surface area contributed by atoms with Gasteiger partial charge in [-0.15, -0.1) is 0 Å². The first-order valence-corrected chi connectivity index (χ1v) is 8.33. The summed E-state index contributed by atoms with van der Waals surface area (Å²) in [7, 11) is 0. The second kappa shape index (κ2) is 7.14. The molecule has 0 atom stereocenters. The van der Waals surface area contributed by atoms with E-state index in [9.17, 15) is 4.79 Å². The van der Waals surface area contributed by atoms with Crippen LogP contribution < -0.4 is 5.73 Å². The monoisotopic (exact) mass is 295 g/mol. The van der Waals surface area contributed by atoms with Gasteiger partial charge in [0.2, 0.25) is 5.91 Å². The average molecular weight is 295 g/mol. The van der Waals surface area contributed by atoms with Crippen molar-refractivity contribution in [2.45, 2.75) is 64.7 Å². The fraction of sp³-hybridized carbons (Fsp3) is 0.875. The van der Waals surface area contributed by atoms with Crippen LogP contribution in [0.4, 0.5) is 0 Å². The van der Waals surface area contributed by atoms with Crippen LogP contribution in [0.3, 0.4) is 0 Å². The maximum atomic E-state index is 12.7. The molecule has 0 spiro atoms. The third-order valence-corrected chi connectivity index (χ3v) is 5.36. The highest BCUT2D eigenvalue weighted by Crippen LogP contribution is 2.33. The Bertz CT molecular complexity index is 379. The average Bonchev–Trinajstić information content (AvgIpc) is 2.46. The third-order valence-electron chi connectivity index (χ3n) is 5.36. The molecule has 1 amide bonds. The largest absolute Gasteiger partial charge is 0.409 e. The van der Waals surface area contributed by atoms with Crippen LogP contribution >= 0.6 is 0 Å². The van der Waals surface area contributed by atoms with Crippen LogP contribution in [0.15, 0.2) is 5.16 Å². The fourth-order valence-electron chi connectivity index (χ4n) is 3.56. The van der Waals surface area contributed by atoms with Crippen molar-refractivity contribution in [2.75, 3.05) is 13.1 Å². The van der Waals surface area contributed by atoms with E-state index in [0.717, 1.165) is 38.8 Å². The lowest BCUT2D eigenvalue weighted by molar-refractivity contribution is -0.138. The van der Waals surface area contributed by atoms with Crippen molar-refractivity contribution in [3.63, 3.8) is 0 Å². The molecular weight excluding hydrogens is 266 g/mol. The topological polar surface area (TPSA) is 78.9 Å². The molecule has 120 valence electrons. The minimum atomic E-state index is -0.271. The Hall–Kier alpha value is -1.26. The summed E-state index contributed by atoms with van der Waals surface area (Å²) in [6, 6.07) is 0. The molecule has 0 radical (unpaired) electrons. The van der Waals surface area contributed by atoms with Gasteiger partial charge in [0, 0.05) is 24.4 Å². The smallest absolute Gasteiger partial charge is 0.225 e. The van der Waals surface area contributed by atoms with Crippen LogP contribution in [0.25, 0.3) is 0 Å². The van der Waals surface area contributed by atoms with Gasteiger partial charge in [-0.25, -0.2) is 0 Å². The molecule has 0 aromatic heterocycles. The summed E-state index contributed by atoms with van der Waals surface area (Å²) >= 11 is 0. The number of likely N-dealkylation sites (tertiary alicyclic amines) is 1. The lowest BCUT2D eigenvalue weighted by Gasteiger charge is -2.39. The highest BCUT2D eigenvalue weighted by Gasteiger charge is 2.36. The van der Waals surface area contributed by atoms with Crippen LogP contribution in [0.1, 0.15) is 64.7 Å². The van der Waals surface area contributed by atoms with E-state index in [0.29, 0.717) is 11.7 Å². The molecule has 0 aromatic carbocycles. The number of nitrogens with zero attached hydrogens (tertiary/aromatic N) is 2. The Morgan fingerprint density at radius 1 is 1.14 bits per heavy atom. The van der Waals surface area contributed by atoms with E-state index in [4.69, 9.17) is 10.9 Å². The summed E-state index contributed by atoms with van der Waals surface area (Å²) in [5.74, 6) is 0.845. The molecule has 0 bridgehead atoms. The number of amidine groups is 1. The predicted octanol–water partition coefficient (Wildman–Crippen LogP) is 2.72. The van der Waals surface area contributed by atoms with Crippen molar-refractivity contribution < 1.29 is 10.0 Å². The van der Waals surface area contributed by atoms with Gasteiger partial charge in [0.05, 0.1) is 0 Å². The van der Waals surface area contributed by atoms with E-state index < -0.39 is 0 Å². The number of oxime groups is 1. The summed E-state index contributed by atoms with van der Waals surface area (Å²) in [4.78, 5) is 14.7. The summed E-state index contributed by atoms with van der Waals surface area (Å²) in [5.41, 5.74) is 5.51. The predicted molar refractivity (Wildman–Crippen MR) is 83.1 cm³/mol. The van der Waals surface area contributed by atoms with Crippen molar-refractivity contribution in [3.05, 3.63) is 0 Å². The Morgan fingerprint density at radius 2 is 1.67 bits per heavy atom. The number of carbonyl (C=O) groups excluding carboxylic acids is 1. The number of amides is 1. The zero-order valence-electron chi connectivity index (χ0n) is 13.2. The van der Waals surface area contributed by atoms with Crippen LogP contribution in [0.2, 0.25) is 0 Å². The quantitative estimate of drug-likeness (QED) is 0.356. The molecule has 1 heterocycles. The Labute approximate surface area is 127 Å². The third kappa shape index (κ3) is 3.89. The van der Waals surface area contributed by atoms with Crippen molar-refractivity contribution in [3.8, 4) is 0 Å². The van der Waals surface area contributed by atoms with Gasteiger partial charge in [0.1, 0.15) is 5.84 Å². The molecule has 0 aromatic rings. The number of piperidine rings is 1. The van der Waals surface area contributed by atoms with Gasteiger partial charge >= 0.3 is 0 Å². The van der Waals surface area contributed by atoms with Crippen LogP contribution in [-0.4, -0.2) is 34.9 Å². The summed E-state index contributed by atoms with van der Waals surface area (Å²) < 4.78 is 0. The Balaban J connectivity index is 1.90. The van der Waals surface area contributed by atoms with E-state index >= 15 is 0 Å². The molecule has 5 heteroatoms. The molecule has 0 unspecified atom stereocenters. The number of rotatable bonds is 2. The number of carbonyl (C=O) groups is 1. The molecule has 3 N–H and O–H groups in total. The summed E-state index contributed by atoms with van der Waals surface area (Å²) in [6.45, 7) is 3.46. The van der Waals surface area contributed by atoms with Crippen molar-refractivity contribution in [2.24, 2.45) is 22.2 Å². The van der Waals surface area contributed by atoms with Gasteiger partial charge in [-0.3, -0.25) is 4.79 Å². The zero-order valence-corrected chi connectivity index (χ0v) is 13.2. The number of hydrogen-bond acceptors (Lipinski definition) is 3. The second-order valence-corrected chi connectivity index (χ2v) is 6.91. The molecular formula is C16H29N3O2. The maximum absolute atomic E-state index is 12.7. The zero-order chi connectivity index (χ0) is 15.3. The van der Waals surface area contributed by atoms with E-state index in [-0.39, 0.29) is 11.3 Å². The molecule has 2 rings (SSSR count). The fourth-order valence-corrected chi connectivity index (χ4v) is 3.56. The molecule has 1 aliphatic carbocycles. The summed E-state index contributed by atoms with van der Waals surface area (Å²) in [6.07, 6.45) is 9.89. The SMILES string of the molecule is CC1(C(N)=NO)CCN(C(=O)C2CCCCCCC2)CC1. The van der Waals surface area contributed by atoms with Crippen LogP contribution in [-0.2, 0) is 4.79 Å². The normalized spacial score (nSPS) is 25.2. The minimum absolute atomic E-state index is 0.221. The molecule has 1 saturated carbocycles. The standard InChI is InChI=1S/C16H29N3O2/c1-16(15(17)18-21)9-11-19(12-10-16)14(20)13-7-5-3-2-4-6-8-13/h13,21H,2-12H2,1H3,(H2,17,18). The van der Waals surface area contributed by atoms with Gasteiger partial charge in [-0.2, -0.15) is 0 Å². The van der Waals surface area contributed by atoms with E-state index in [1.165, 1.54) is 32.1 Å². The number of hydrogen-bond donors (Lipinski definition) is 2. The van der Waals surface area contributed by atoms with Crippen molar-refractivity contribution >= 4 is 11.7 Å². The minimum Gasteiger partial charge on any atom is -0.409 e. The van der Waals surface area contributed by atoms with Crippen molar-refractivity contribution in [1.29, 1.82) is 0 Å². The highest BCUT2D eigenvalue weighted by atomic mass is 16.4. The summed E-state index contributed by atoms with van der Waals surface area (Å²) in [5, 5.41) is 12.0. The molecule has 5 nitrogen and oxygen atoms in total. The molecule has 1 saturated heterocycles. The van der Waals surface area contributed by atoms with E-state index in [1.54, 1.807) is 0 Å². The van der Waals surface area contributed by atoms with Crippen LogP contribution in [0.5, 0.6) is 0 Å². The lowest BCUT2D eigenvalue weighted by Crippen LogP contribution is -2.48. The Morgan fingerprint density at radius 3 is 2.19 bits per heavy atom. The molecule has 2 aliphatic rings. The van der Waals surface area contributed by atoms with Crippen molar-refractivity contribution in [1.82, 2.24) is 4.90 Å². The van der Waals surface area contributed by atoms with Crippen LogP contribution in [0, 0.1) is 11.3 Å². The van der Waals surface area contributed by atoms with Gasteiger partial charge in [-0.1, -0.05) is 44.2 Å². The highest BCUT2D eigenvalue weighted by molar-refractivity contribution is 5.86. The molecule has 1 aliphatic heterocycles. The van der Waals surface area contributed by atoms with E-state index in [1.807, 2.05) is 11.8 Å². The van der Waals surface area contributed by atoms with Gasteiger partial charge in [0.25, 0.3) is 0 Å². The second-order valence-electron chi connectivity index (χ2n) is 6.91. The first kappa shape index (κ1) is 16.1. The van der Waals surface area contributed by atoms with E-state index in [2.05, 4.69) is 5.16 Å². The molecule has 2 fully saturated rings.